The van der Waals surface area contributed by atoms with Crippen LogP contribution in [0, 0.1) is 0 Å². The monoisotopic (exact) mass is 328 g/mol. The van der Waals surface area contributed by atoms with Crippen LogP contribution in [0.1, 0.15) is 19.6 Å². The van der Waals surface area contributed by atoms with Gasteiger partial charge in [-0.2, -0.15) is 0 Å². The average molecular weight is 328 g/mol. The lowest BCUT2D eigenvalue weighted by Crippen LogP contribution is -2.16. The second-order valence-corrected chi connectivity index (χ2v) is 6.38. The molecule has 0 fully saturated rings. The van der Waals surface area contributed by atoms with E-state index in [0.717, 1.165) is 20.6 Å². The number of pyridine rings is 1. The van der Waals surface area contributed by atoms with Crippen LogP contribution in [0.5, 0.6) is 0 Å². The molecule has 0 saturated heterocycles. The first-order valence-electron chi connectivity index (χ1n) is 6.49. The fourth-order valence-corrected chi connectivity index (χ4v) is 3.28. The van der Waals surface area contributed by atoms with E-state index in [4.69, 9.17) is 0 Å². The van der Waals surface area contributed by atoms with Gasteiger partial charge in [0.1, 0.15) is 14.9 Å². The molecule has 0 aliphatic carbocycles. The van der Waals surface area contributed by atoms with Crippen LogP contribution < -0.4 is 5.32 Å². The van der Waals surface area contributed by atoms with Crippen molar-refractivity contribution in [2.24, 2.45) is 0 Å². The summed E-state index contributed by atoms with van der Waals surface area (Å²) < 4.78 is 0. The SMILES string of the molecule is CNC(=O)c1cnc(/C=C/c2cnc(-c3ccccn3)s2)s1. The number of thiazole rings is 2. The molecule has 3 heterocycles. The van der Waals surface area contributed by atoms with Crippen molar-refractivity contribution in [3.63, 3.8) is 0 Å². The fraction of sp³-hybridized carbons (Fsp3) is 0.0667. The first-order chi connectivity index (χ1) is 10.8. The fourth-order valence-electron chi connectivity index (χ4n) is 1.72. The van der Waals surface area contributed by atoms with E-state index in [9.17, 15) is 4.79 Å². The van der Waals surface area contributed by atoms with Gasteiger partial charge in [-0.05, 0) is 24.3 Å². The van der Waals surface area contributed by atoms with Crippen LogP contribution in [-0.2, 0) is 0 Å². The Balaban J connectivity index is 1.75. The zero-order chi connectivity index (χ0) is 15.4. The molecule has 5 nitrogen and oxygen atoms in total. The Morgan fingerprint density at radius 2 is 2.05 bits per heavy atom. The van der Waals surface area contributed by atoms with Gasteiger partial charge in [0, 0.05) is 24.3 Å². The molecule has 0 aliphatic heterocycles. The normalized spacial score (nSPS) is 11.0. The summed E-state index contributed by atoms with van der Waals surface area (Å²) in [5, 5.41) is 4.25. The minimum atomic E-state index is -0.118. The Morgan fingerprint density at radius 1 is 1.14 bits per heavy atom. The number of hydrogen-bond donors (Lipinski definition) is 1. The number of amides is 1. The van der Waals surface area contributed by atoms with Gasteiger partial charge in [0.25, 0.3) is 5.91 Å². The Hall–Kier alpha value is -2.38. The number of rotatable bonds is 4. The van der Waals surface area contributed by atoms with Crippen molar-refractivity contribution < 1.29 is 4.79 Å². The van der Waals surface area contributed by atoms with Crippen molar-refractivity contribution in [1.82, 2.24) is 20.3 Å². The van der Waals surface area contributed by atoms with Gasteiger partial charge >= 0.3 is 0 Å². The van der Waals surface area contributed by atoms with E-state index in [1.807, 2.05) is 30.4 Å². The van der Waals surface area contributed by atoms with Crippen LogP contribution in [0.15, 0.2) is 36.8 Å². The van der Waals surface area contributed by atoms with Crippen molar-refractivity contribution in [2.75, 3.05) is 7.05 Å². The van der Waals surface area contributed by atoms with Crippen molar-refractivity contribution in [1.29, 1.82) is 0 Å². The van der Waals surface area contributed by atoms with Gasteiger partial charge in [0.15, 0.2) is 0 Å². The molecule has 0 radical (unpaired) electrons. The van der Waals surface area contributed by atoms with E-state index in [-0.39, 0.29) is 5.91 Å². The Labute approximate surface area is 135 Å². The van der Waals surface area contributed by atoms with E-state index in [2.05, 4.69) is 20.3 Å². The first-order valence-corrected chi connectivity index (χ1v) is 8.13. The maximum Gasteiger partial charge on any atom is 0.262 e. The van der Waals surface area contributed by atoms with Crippen LogP contribution in [0.3, 0.4) is 0 Å². The smallest absolute Gasteiger partial charge is 0.262 e. The summed E-state index contributed by atoms with van der Waals surface area (Å²) >= 11 is 2.91. The number of nitrogens with one attached hydrogen (secondary N) is 1. The van der Waals surface area contributed by atoms with Crippen molar-refractivity contribution >= 4 is 40.7 Å². The molecule has 1 N–H and O–H groups in total. The van der Waals surface area contributed by atoms with Crippen molar-refractivity contribution in [3.8, 4) is 10.7 Å². The maximum atomic E-state index is 11.5. The summed E-state index contributed by atoms with van der Waals surface area (Å²) in [6.07, 6.45) is 8.96. The molecular weight excluding hydrogens is 316 g/mol. The quantitative estimate of drug-likeness (QED) is 0.798. The molecule has 0 unspecified atom stereocenters. The van der Waals surface area contributed by atoms with E-state index in [1.165, 1.54) is 11.3 Å². The highest BCUT2D eigenvalue weighted by Gasteiger charge is 2.07. The third-order valence-electron chi connectivity index (χ3n) is 2.77. The molecule has 22 heavy (non-hydrogen) atoms. The van der Waals surface area contributed by atoms with Crippen LogP contribution in [0.2, 0.25) is 0 Å². The number of carbonyl (C=O) groups excluding carboxylic acids is 1. The molecule has 3 aromatic rings. The van der Waals surface area contributed by atoms with E-state index >= 15 is 0 Å². The molecule has 0 saturated carbocycles. The number of nitrogens with zero attached hydrogens (tertiary/aromatic N) is 3. The number of carbonyl (C=O) groups is 1. The standard InChI is InChI=1S/C15H12N4OS2/c1-16-14(20)12-9-18-13(22-12)6-5-10-8-19-15(21-10)11-4-2-3-7-17-11/h2-9H,1H3,(H,16,20)/b6-5+. The topological polar surface area (TPSA) is 67.8 Å². The lowest BCUT2D eigenvalue weighted by Gasteiger charge is -1.91. The Morgan fingerprint density at radius 3 is 2.82 bits per heavy atom. The zero-order valence-corrected chi connectivity index (χ0v) is 13.3. The number of aromatic nitrogens is 3. The second-order valence-electron chi connectivity index (χ2n) is 4.26. The summed E-state index contributed by atoms with van der Waals surface area (Å²) in [5.74, 6) is -0.118. The minimum Gasteiger partial charge on any atom is -0.354 e. The minimum absolute atomic E-state index is 0.118. The molecule has 0 aliphatic rings. The molecule has 0 atom stereocenters. The second kappa shape index (κ2) is 6.59. The molecule has 0 aromatic carbocycles. The third kappa shape index (κ3) is 3.26. The molecule has 7 heteroatoms. The molecule has 3 aromatic heterocycles. The summed E-state index contributed by atoms with van der Waals surface area (Å²) in [5.41, 5.74) is 0.864. The van der Waals surface area contributed by atoms with Crippen LogP contribution in [0.4, 0.5) is 0 Å². The van der Waals surface area contributed by atoms with Gasteiger partial charge in [-0.25, -0.2) is 9.97 Å². The number of hydrogen-bond acceptors (Lipinski definition) is 6. The lowest BCUT2D eigenvalue weighted by atomic mass is 10.4. The van der Waals surface area contributed by atoms with Gasteiger partial charge < -0.3 is 5.32 Å². The molecular formula is C15H12N4OS2. The molecule has 1 amide bonds. The van der Waals surface area contributed by atoms with Crippen molar-refractivity contribution in [3.05, 3.63) is 51.6 Å². The Bertz CT molecular complexity index is 808. The van der Waals surface area contributed by atoms with E-state index in [0.29, 0.717) is 4.88 Å². The molecule has 3 rings (SSSR count). The highest BCUT2D eigenvalue weighted by atomic mass is 32.1. The molecule has 0 bridgehead atoms. The zero-order valence-electron chi connectivity index (χ0n) is 11.7. The summed E-state index contributed by atoms with van der Waals surface area (Å²) in [4.78, 5) is 25.9. The highest BCUT2D eigenvalue weighted by Crippen LogP contribution is 2.25. The third-order valence-corrected chi connectivity index (χ3v) is 4.72. The Kier molecular flexibility index (Phi) is 4.36. The first kappa shape index (κ1) is 14.6. The lowest BCUT2D eigenvalue weighted by molar-refractivity contribution is 0.0967. The predicted molar refractivity (Wildman–Crippen MR) is 89.8 cm³/mol. The predicted octanol–water partition coefficient (Wildman–Crippen LogP) is 3.19. The molecule has 110 valence electrons. The van der Waals surface area contributed by atoms with E-state index < -0.39 is 0 Å². The maximum absolute atomic E-state index is 11.5. The van der Waals surface area contributed by atoms with Gasteiger partial charge in [-0.15, -0.1) is 22.7 Å². The van der Waals surface area contributed by atoms with Gasteiger partial charge in [0.05, 0.1) is 11.9 Å². The molecule has 0 spiro atoms. The van der Waals surface area contributed by atoms with Crippen molar-refractivity contribution in [2.45, 2.75) is 0 Å². The summed E-state index contributed by atoms with van der Waals surface area (Å²) in [6.45, 7) is 0. The average Bonchev–Trinajstić information content (AvgIpc) is 3.22. The van der Waals surface area contributed by atoms with E-state index in [1.54, 1.807) is 37.0 Å². The summed E-state index contributed by atoms with van der Waals surface area (Å²) in [7, 11) is 1.61. The van der Waals surface area contributed by atoms with Gasteiger partial charge in [-0.1, -0.05) is 6.07 Å². The van der Waals surface area contributed by atoms with Crippen LogP contribution in [-0.4, -0.2) is 27.9 Å². The van der Waals surface area contributed by atoms with Gasteiger partial charge in [0.2, 0.25) is 0 Å². The summed E-state index contributed by atoms with van der Waals surface area (Å²) in [6, 6.07) is 5.75. The largest absolute Gasteiger partial charge is 0.354 e. The van der Waals surface area contributed by atoms with Crippen LogP contribution in [0.25, 0.3) is 22.9 Å². The van der Waals surface area contributed by atoms with Crippen LogP contribution >= 0.6 is 22.7 Å². The highest BCUT2D eigenvalue weighted by molar-refractivity contribution is 7.16. The van der Waals surface area contributed by atoms with Gasteiger partial charge in [-0.3, -0.25) is 9.78 Å².